The second-order valence-corrected chi connectivity index (χ2v) is 10.3. The largest absolute Gasteiger partial charge is 0.497 e. The van der Waals surface area contributed by atoms with Crippen LogP contribution in [0.25, 0.3) is 17.3 Å². The number of methoxy groups -OCH3 is 1. The highest BCUT2D eigenvalue weighted by atomic mass is 32.1. The van der Waals surface area contributed by atoms with Gasteiger partial charge in [0.05, 0.1) is 40.8 Å². The van der Waals surface area contributed by atoms with Gasteiger partial charge >= 0.3 is 0 Å². The number of amides is 1. The predicted molar refractivity (Wildman–Crippen MR) is 156 cm³/mol. The summed E-state index contributed by atoms with van der Waals surface area (Å²) in [6.45, 7) is 1.80. The Labute approximate surface area is 233 Å². The van der Waals surface area contributed by atoms with E-state index in [1.165, 1.54) is 11.3 Å². The summed E-state index contributed by atoms with van der Waals surface area (Å²) in [7, 11) is 1.60. The van der Waals surface area contributed by atoms with E-state index < -0.39 is 6.04 Å². The van der Waals surface area contributed by atoms with Gasteiger partial charge < -0.3 is 10.1 Å². The number of para-hydroxylation sites is 1. The van der Waals surface area contributed by atoms with Crippen molar-refractivity contribution in [3.8, 4) is 17.0 Å². The number of carbonyl (C=O) groups excluding carboxylic acids is 1. The molecule has 0 saturated carbocycles. The van der Waals surface area contributed by atoms with E-state index in [-0.39, 0.29) is 11.5 Å². The van der Waals surface area contributed by atoms with Crippen molar-refractivity contribution in [2.45, 2.75) is 13.0 Å². The summed E-state index contributed by atoms with van der Waals surface area (Å²) in [6, 6.07) is 25.8. The number of ether oxygens (including phenoxy) is 1. The van der Waals surface area contributed by atoms with Crippen LogP contribution in [-0.2, 0) is 4.79 Å². The molecule has 1 atom stereocenters. The first kappa shape index (κ1) is 25.3. The number of thiazole rings is 1. The topological polar surface area (TPSA) is 101 Å². The first-order chi connectivity index (χ1) is 19.5. The number of H-pyrrole nitrogens is 1. The first-order valence-corrected chi connectivity index (χ1v) is 13.5. The van der Waals surface area contributed by atoms with Crippen LogP contribution in [0, 0.1) is 0 Å². The van der Waals surface area contributed by atoms with Crippen LogP contribution in [-0.4, -0.2) is 27.8 Å². The van der Waals surface area contributed by atoms with Gasteiger partial charge in [0, 0.05) is 16.8 Å². The summed E-state index contributed by atoms with van der Waals surface area (Å²) >= 11 is 1.29. The monoisotopic (exact) mass is 547 g/mol. The van der Waals surface area contributed by atoms with Crippen LogP contribution in [0.5, 0.6) is 5.75 Å². The van der Waals surface area contributed by atoms with E-state index in [0.717, 1.165) is 22.4 Å². The molecule has 3 aromatic carbocycles. The maximum Gasteiger partial charge on any atom is 0.271 e. The lowest BCUT2D eigenvalue weighted by atomic mass is 9.95. The molecule has 0 saturated heterocycles. The van der Waals surface area contributed by atoms with E-state index in [0.29, 0.717) is 32.0 Å². The first-order valence-electron chi connectivity index (χ1n) is 12.6. The van der Waals surface area contributed by atoms with Crippen molar-refractivity contribution in [2.75, 3.05) is 12.4 Å². The van der Waals surface area contributed by atoms with E-state index in [2.05, 4.69) is 15.5 Å². The van der Waals surface area contributed by atoms with Gasteiger partial charge in [0.15, 0.2) is 4.80 Å². The fraction of sp³-hybridized carbons (Fsp3) is 0.0968. The number of rotatable bonds is 6. The third-order valence-electron chi connectivity index (χ3n) is 6.75. The smallest absolute Gasteiger partial charge is 0.271 e. The molecular formula is C31H25N5O3S. The van der Waals surface area contributed by atoms with Gasteiger partial charge in [0.2, 0.25) is 0 Å². The summed E-state index contributed by atoms with van der Waals surface area (Å²) in [4.78, 5) is 32.9. The molecule has 9 heteroatoms. The molecule has 6 rings (SSSR count). The number of aromatic nitrogens is 3. The molecule has 8 nitrogen and oxygen atoms in total. The Kier molecular flexibility index (Phi) is 6.71. The van der Waals surface area contributed by atoms with E-state index >= 15 is 0 Å². The minimum absolute atomic E-state index is 0.234. The number of hydrogen-bond donors (Lipinski definition) is 2. The average Bonchev–Trinajstić information content (AvgIpc) is 3.57. The normalized spacial score (nSPS) is 14.9. The molecule has 40 heavy (non-hydrogen) atoms. The number of anilines is 1. The van der Waals surface area contributed by atoms with Gasteiger partial charge in [0.1, 0.15) is 5.75 Å². The van der Waals surface area contributed by atoms with Crippen LogP contribution in [0.3, 0.4) is 0 Å². The number of nitrogens with zero attached hydrogens (tertiary/aromatic N) is 3. The van der Waals surface area contributed by atoms with Crippen LogP contribution in [0.2, 0.25) is 0 Å². The van der Waals surface area contributed by atoms with Crippen LogP contribution in [0.15, 0.2) is 112 Å². The highest BCUT2D eigenvalue weighted by Gasteiger charge is 2.32. The van der Waals surface area contributed by atoms with Gasteiger partial charge in [-0.05, 0) is 42.8 Å². The molecule has 1 amide bonds. The van der Waals surface area contributed by atoms with E-state index in [4.69, 9.17) is 9.73 Å². The van der Waals surface area contributed by atoms with Crippen molar-refractivity contribution in [1.29, 1.82) is 0 Å². The number of carbonyl (C=O) groups is 1. The summed E-state index contributed by atoms with van der Waals surface area (Å²) in [5, 5.41) is 10.2. The Bertz CT molecular complexity index is 1900. The fourth-order valence-electron chi connectivity index (χ4n) is 4.82. The van der Waals surface area contributed by atoms with E-state index in [1.807, 2.05) is 91.0 Å². The third kappa shape index (κ3) is 4.67. The molecule has 5 aromatic rings. The number of nitrogens with one attached hydrogen (secondary N) is 2. The second-order valence-electron chi connectivity index (χ2n) is 9.24. The number of benzene rings is 3. The molecule has 2 aromatic heterocycles. The molecule has 1 aliphatic rings. The zero-order valence-electron chi connectivity index (χ0n) is 21.8. The van der Waals surface area contributed by atoms with Gasteiger partial charge in [-0.1, -0.05) is 72.0 Å². The minimum atomic E-state index is -0.675. The summed E-state index contributed by atoms with van der Waals surface area (Å²) in [5.74, 6) is 0.365. The minimum Gasteiger partial charge on any atom is -0.497 e. The van der Waals surface area contributed by atoms with Gasteiger partial charge in [-0.25, -0.2) is 4.99 Å². The Morgan fingerprint density at radius 1 is 1.02 bits per heavy atom. The molecule has 3 heterocycles. The summed E-state index contributed by atoms with van der Waals surface area (Å²) in [5.41, 5.74) is 4.72. The molecule has 0 bridgehead atoms. The van der Waals surface area contributed by atoms with Crippen LogP contribution >= 0.6 is 11.3 Å². The lowest BCUT2D eigenvalue weighted by Gasteiger charge is -2.25. The quantitative estimate of drug-likeness (QED) is 0.332. The van der Waals surface area contributed by atoms with Crippen LogP contribution in [0.4, 0.5) is 5.69 Å². The maximum atomic E-state index is 14.0. The number of hydrogen-bond acceptors (Lipinski definition) is 6. The Morgan fingerprint density at radius 2 is 1.73 bits per heavy atom. The Hall–Kier alpha value is -5.02. The molecular weight excluding hydrogens is 522 g/mol. The van der Waals surface area contributed by atoms with E-state index in [9.17, 15) is 9.59 Å². The van der Waals surface area contributed by atoms with Crippen molar-refractivity contribution in [3.05, 3.63) is 133 Å². The Balaban J connectivity index is 1.50. The van der Waals surface area contributed by atoms with Gasteiger partial charge in [-0.15, -0.1) is 0 Å². The zero-order chi connectivity index (χ0) is 27.6. The Morgan fingerprint density at radius 3 is 2.42 bits per heavy atom. The molecule has 0 unspecified atom stereocenters. The predicted octanol–water partition coefficient (Wildman–Crippen LogP) is 4.27. The average molecular weight is 548 g/mol. The van der Waals surface area contributed by atoms with Gasteiger partial charge in [0.25, 0.3) is 11.5 Å². The van der Waals surface area contributed by atoms with Crippen molar-refractivity contribution < 1.29 is 9.53 Å². The highest BCUT2D eigenvalue weighted by molar-refractivity contribution is 7.07. The maximum absolute atomic E-state index is 14.0. The summed E-state index contributed by atoms with van der Waals surface area (Å²) in [6.07, 6.45) is 3.52. The number of allylic oxidation sites excluding steroid dienone is 1. The van der Waals surface area contributed by atoms with Crippen molar-refractivity contribution in [3.63, 3.8) is 0 Å². The van der Waals surface area contributed by atoms with E-state index in [1.54, 1.807) is 24.8 Å². The van der Waals surface area contributed by atoms with Crippen molar-refractivity contribution in [1.82, 2.24) is 14.8 Å². The van der Waals surface area contributed by atoms with Crippen molar-refractivity contribution >= 4 is 29.0 Å². The second kappa shape index (κ2) is 10.6. The molecule has 198 valence electrons. The number of aromatic amines is 1. The molecule has 0 aliphatic carbocycles. The lowest BCUT2D eigenvalue weighted by molar-refractivity contribution is -0.113. The highest BCUT2D eigenvalue weighted by Crippen LogP contribution is 2.32. The molecule has 1 aliphatic heterocycles. The molecule has 0 fully saturated rings. The molecule has 2 N–H and O–H groups in total. The zero-order valence-corrected chi connectivity index (χ0v) is 22.6. The standard InChI is InChI=1S/C31H25N5O3S/c1-19-26(29(37)34-23-11-7-4-8-12-23)28(21-13-15-24(39-2)16-14-21)36-30(38)25(40-31(36)33-19)17-22-18-32-35-27(22)20-9-5-3-6-10-20/h3-18,28H,1-2H3,(H,32,35)(H,34,37)/t28-/m0/s1. The lowest BCUT2D eigenvalue weighted by Crippen LogP contribution is -2.40. The summed E-state index contributed by atoms with van der Waals surface area (Å²) < 4.78 is 7.44. The molecule has 0 spiro atoms. The van der Waals surface area contributed by atoms with Gasteiger partial charge in [-0.3, -0.25) is 19.3 Å². The molecule has 0 radical (unpaired) electrons. The SMILES string of the molecule is COc1ccc([C@H]2C(C(=O)Nc3ccccc3)=C(C)N=c3sc(=Cc4cn[nH]c4-c4ccccc4)c(=O)n32)cc1. The van der Waals surface area contributed by atoms with Crippen molar-refractivity contribution in [2.24, 2.45) is 4.99 Å². The fourth-order valence-corrected chi connectivity index (χ4v) is 5.85. The number of fused-ring (bicyclic) bond motifs is 1. The van der Waals surface area contributed by atoms with Crippen LogP contribution < -0.4 is 24.9 Å². The third-order valence-corrected chi connectivity index (χ3v) is 7.73. The van der Waals surface area contributed by atoms with Crippen LogP contribution in [0.1, 0.15) is 24.1 Å². The van der Waals surface area contributed by atoms with Gasteiger partial charge in [-0.2, -0.15) is 5.10 Å².